The van der Waals surface area contributed by atoms with Gasteiger partial charge in [-0.2, -0.15) is 0 Å². The van der Waals surface area contributed by atoms with Crippen LogP contribution in [-0.4, -0.2) is 27.0 Å². The van der Waals surface area contributed by atoms with E-state index >= 15 is 0 Å². The molecule has 0 fully saturated rings. The molecule has 0 aliphatic rings. The molecule has 4 heteroatoms. The zero-order valence-electron chi connectivity index (χ0n) is 15.0. The van der Waals surface area contributed by atoms with Gasteiger partial charge in [0, 0.05) is 12.8 Å². The van der Waals surface area contributed by atoms with E-state index in [0.717, 1.165) is 0 Å². The largest absolute Gasteiger partial charge is 0.465 e. The van der Waals surface area contributed by atoms with Crippen LogP contribution in [0.25, 0.3) is 0 Å². The Kier molecular flexibility index (Phi) is 7.18. The summed E-state index contributed by atoms with van der Waals surface area (Å²) in [6.07, 6.45) is 6.60. The van der Waals surface area contributed by atoms with Crippen LogP contribution >= 0.6 is 0 Å². The molecule has 21 heavy (non-hydrogen) atoms. The molecule has 0 aromatic rings. The third kappa shape index (κ3) is 7.15. The van der Waals surface area contributed by atoms with Crippen LogP contribution in [0.5, 0.6) is 0 Å². The molecule has 0 unspecified atom stereocenters. The second kappa shape index (κ2) is 7.46. The first kappa shape index (κ1) is 20.2. The Labute approximate surface area is 131 Å². The lowest BCUT2D eigenvalue weighted by atomic mass is 9.97. The molecule has 0 bridgehead atoms. The smallest absolute Gasteiger partial charge is 0.311 e. The lowest BCUT2D eigenvalue weighted by Gasteiger charge is -2.39. The summed E-state index contributed by atoms with van der Waals surface area (Å²) in [5, 5.41) is 0.141. The van der Waals surface area contributed by atoms with Gasteiger partial charge in [-0.1, -0.05) is 20.8 Å². The van der Waals surface area contributed by atoms with Gasteiger partial charge in [-0.05, 0) is 38.9 Å². The van der Waals surface area contributed by atoms with Gasteiger partial charge in [0.05, 0.1) is 18.1 Å². The van der Waals surface area contributed by atoms with E-state index < -0.39 is 13.7 Å². The second-order valence-corrected chi connectivity index (χ2v) is 12.8. The molecule has 0 aromatic carbocycles. The predicted octanol–water partition coefficient (Wildman–Crippen LogP) is 4.38. The molecule has 1 atom stereocenters. The molecular formula is C17H32O3Si. The SMILES string of the molecule is C#CC[C@H](CCOC(=O)C(C)(C)C)O[Si](C)(C)C(C)(C)C. The average Bonchev–Trinajstić information content (AvgIpc) is 2.25. The van der Waals surface area contributed by atoms with Crippen molar-refractivity contribution in [3.05, 3.63) is 0 Å². The zero-order valence-corrected chi connectivity index (χ0v) is 16.0. The summed E-state index contributed by atoms with van der Waals surface area (Å²) in [6, 6.07) is 0. The summed E-state index contributed by atoms with van der Waals surface area (Å²) in [7, 11) is -1.86. The maximum Gasteiger partial charge on any atom is 0.311 e. The van der Waals surface area contributed by atoms with Crippen LogP contribution < -0.4 is 0 Å². The molecule has 0 radical (unpaired) electrons. The molecule has 0 N–H and O–H groups in total. The van der Waals surface area contributed by atoms with Crippen molar-refractivity contribution in [3.8, 4) is 12.3 Å². The molecule has 0 aliphatic heterocycles. The van der Waals surface area contributed by atoms with Crippen LogP contribution in [0.3, 0.4) is 0 Å². The third-order valence-electron chi connectivity index (χ3n) is 3.90. The lowest BCUT2D eigenvalue weighted by molar-refractivity contribution is -0.153. The van der Waals surface area contributed by atoms with Gasteiger partial charge in [0.25, 0.3) is 0 Å². The fourth-order valence-electron chi connectivity index (χ4n) is 1.43. The molecular weight excluding hydrogens is 280 g/mol. The first-order valence-corrected chi connectivity index (χ1v) is 10.5. The molecule has 122 valence electrons. The molecule has 0 rings (SSSR count). The highest BCUT2D eigenvalue weighted by Crippen LogP contribution is 2.37. The highest BCUT2D eigenvalue weighted by Gasteiger charge is 2.39. The van der Waals surface area contributed by atoms with E-state index in [2.05, 4.69) is 39.8 Å². The van der Waals surface area contributed by atoms with Crippen LogP contribution in [0.2, 0.25) is 18.1 Å². The molecule has 0 saturated carbocycles. The quantitative estimate of drug-likeness (QED) is 0.415. The van der Waals surface area contributed by atoms with E-state index in [1.54, 1.807) is 0 Å². The Bertz CT molecular complexity index is 380. The number of carbonyl (C=O) groups is 1. The maximum absolute atomic E-state index is 11.8. The minimum absolute atomic E-state index is 0.0383. The van der Waals surface area contributed by atoms with Crippen molar-refractivity contribution in [1.82, 2.24) is 0 Å². The number of hydrogen-bond donors (Lipinski definition) is 0. The number of terminal acetylenes is 1. The van der Waals surface area contributed by atoms with Crippen LogP contribution in [-0.2, 0) is 14.0 Å². The Morgan fingerprint density at radius 1 is 1.19 bits per heavy atom. The second-order valence-electron chi connectivity index (χ2n) is 8.08. The topological polar surface area (TPSA) is 35.5 Å². The van der Waals surface area contributed by atoms with Crippen molar-refractivity contribution in [3.63, 3.8) is 0 Å². The van der Waals surface area contributed by atoms with Crippen LogP contribution in [0, 0.1) is 17.8 Å². The van der Waals surface area contributed by atoms with Gasteiger partial charge in [0.2, 0.25) is 0 Å². The summed E-state index contributed by atoms with van der Waals surface area (Å²) >= 11 is 0. The van der Waals surface area contributed by atoms with Crippen molar-refractivity contribution in [1.29, 1.82) is 0 Å². The number of ether oxygens (including phenoxy) is 1. The molecule has 0 saturated heterocycles. The van der Waals surface area contributed by atoms with E-state index in [9.17, 15) is 4.79 Å². The predicted molar refractivity (Wildman–Crippen MR) is 90.6 cm³/mol. The summed E-state index contributed by atoms with van der Waals surface area (Å²) in [4.78, 5) is 11.8. The first-order valence-electron chi connectivity index (χ1n) is 7.60. The van der Waals surface area contributed by atoms with Crippen LogP contribution in [0.15, 0.2) is 0 Å². The Balaban J connectivity index is 4.53. The minimum Gasteiger partial charge on any atom is -0.465 e. The van der Waals surface area contributed by atoms with Crippen LogP contribution in [0.1, 0.15) is 54.4 Å². The van der Waals surface area contributed by atoms with E-state index in [0.29, 0.717) is 19.4 Å². The van der Waals surface area contributed by atoms with Gasteiger partial charge in [0.1, 0.15) is 0 Å². The Morgan fingerprint density at radius 2 is 1.71 bits per heavy atom. The molecule has 0 heterocycles. The maximum atomic E-state index is 11.8. The molecule has 0 amide bonds. The van der Waals surface area contributed by atoms with E-state index in [-0.39, 0.29) is 17.1 Å². The fourth-order valence-corrected chi connectivity index (χ4v) is 2.82. The van der Waals surface area contributed by atoms with Crippen molar-refractivity contribution in [2.75, 3.05) is 6.61 Å². The number of rotatable bonds is 6. The molecule has 0 aliphatic carbocycles. The van der Waals surface area contributed by atoms with Gasteiger partial charge in [-0.25, -0.2) is 0 Å². The molecule has 0 aromatic heterocycles. The Morgan fingerprint density at radius 3 is 2.10 bits per heavy atom. The summed E-state index contributed by atoms with van der Waals surface area (Å²) in [6.45, 7) is 16.9. The summed E-state index contributed by atoms with van der Waals surface area (Å²) in [5.41, 5.74) is -0.470. The van der Waals surface area contributed by atoms with Gasteiger partial charge in [0.15, 0.2) is 8.32 Å². The van der Waals surface area contributed by atoms with Crippen molar-refractivity contribution in [2.24, 2.45) is 5.41 Å². The van der Waals surface area contributed by atoms with E-state index in [1.807, 2.05) is 20.8 Å². The number of hydrogen-bond acceptors (Lipinski definition) is 3. The van der Waals surface area contributed by atoms with E-state index in [1.165, 1.54) is 0 Å². The number of esters is 1. The third-order valence-corrected chi connectivity index (χ3v) is 8.43. The highest BCUT2D eigenvalue weighted by molar-refractivity contribution is 6.74. The average molecular weight is 313 g/mol. The van der Waals surface area contributed by atoms with Crippen molar-refractivity contribution in [2.45, 2.75) is 78.6 Å². The van der Waals surface area contributed by atoms with E-state index in [4.69, 9.17) is 15.6 Å². The molecule has 0 spiro atoms. The van der Waals surface area contributed by atoms with Crippen molar-refractivity contribution >= 4 is 14.3 Å². The summed E-state index contributed by atoms with van der Waals surface area (Å²) < 4.78 is 11.6. The lowest BCUT2D eigenvalue weighted by Crippen LogP contribution is -2.44. The zero-order chi connectivity index (χ0) is 16.9. The number of carbonyl (C=O) groups excluding carboxylic acids is 1. The van der Waals surface area contributed by atoms with Gasteiger partial charge in [-0.3, -0.25) is 4.79 Å². The van der Waals surface area contributed by atoms with Crippen LogP contribution in [0.4, 0.5) is 0 Å². The van der Waals surface area contributed by atoms with Gasteiger partial charge >= 0.3 is 5.97 Å². The molecule has 3 nitrogen and oxygen atoms in total. The monoisotopic (exact) mass is 312 g/mol. The van der Waals surface area contributed by atoms with Gasteiger partial charge < -0.3 is 9.16 Å². The minimum atomic E-state index is -1.86. The highest BCUT2D eigenvalue weighted by atomic mass is 28.4. The summed E-state index contributed by atoms with van der Waals surface area (Å²) in [5.74, 6) is 2.48. The Hall–Kier alpha value is -0.793. The fraction of sp³-hybridized carbons (Fsp3) is 0.824. The first-order chi connectivity index (χ1) is 9.31. The normalized spacial score (nSPS) is 14.4. The van der Waals surface area contributed by atoms with Crippen molar-refractivity contribution < 1.29 is 14.0 Å². The standard InChI is InChI=1S/C17H32O3Si/c1-10-11-14(20-21(8,9)17(5,6)7)12-13-19-15(18)16(2,3)4/h1,14H,11-13H2,2-9H3/t14-/m1/s1. The van der Waals surface area contributed by atoms with Gasteiger partial charge in [-0.15, -0.1) is 12.3 Å².